The summed E-state index contributed by atoms with van der Waals surface area (Å²) in [6, 6.07) is 0. The predicted molar refractivity (Wildman–Crippen MR) is 67.3 cm³/mol. The highest BCUT2D eigenvalue weighted by atomic mass is 127. The summed E-state index contributed by atoms with van der Waals surface area (Å²) in [5.74, 6) is 0. The van der Waals surface area contributed by atoms with Gasteiger partial charge in [0.25, 0.3) is 6.43 Å². The highest BCUT2D eigenvalue weighted by Crippen LogP contribution is 2.29. The third-order valence-electron chi connectivity index (χ3n) is 1.48. The number of halogens is 5. The zero-order chi connectivity index (χ0) is 10.0. The fourth-order valence-electron chi connectivity index (χ4n) is 0.836. The third-order valence-corrected chi connectivity index (χ3v) is 5.05. The van der Waals surface area contributed by atoms with Crippen LogP contribution >= 0.6 is 61.1 Å². The van der Waals surface area contributed by atoms with E-state index in [4.69, 9.17) is 0 Å². The highest BCUT2D eigenvalue weighted by molar-refractivity contribution is 14.1. The molecule has 0 fully saturated rings. The van der Waals surface area contributed by atoms with Crippen molar-refractivity contribution in [3.05, 3.63) is 24.6 Å². The molecule has 0 atom stereocenters. The number of aromatic nitrogens is 1. The fourth-order valence-corrected chi connectivity index (χ4v) is 3.07. The van der Waals surface area contributed by atoms with Crippen LogP contribution in [-0.2, 0) is 5.33 Å². The van der Waals surface area contributed by atoms with Crippen LogP contribution in [0.5, 0.6) is 0 Å². The topological polar surface area (TPSA) is 12.9 Å². The van der Waals surface area contributed by atoms with Crippen LogP contribution in [-0.4, -0.2) is 4.98 Å². The van der Waals surface area contributed by atoms with Gasteiger partial charge in [0.2, 0.25) is 0 Å². The fraction of sp³-hybridized carbons (Fsp3) is 0.286. The maximum Gasteiger partial charge on any atom is 0.265 e. The molecule has 72 valence electrons. The van der Waals surface area contributed by atoms with E-state index in [9.17, 15) is 8.78 Å². The monoisotopic (exact) mass is 473 g/mol. The van der Waals surface area contributed by atoms with E-state index in [-0.39, 0.29) is 5.56 Å². The van der Waals surface area contributed by atoms with Gasteiger partial charge in [-0.25, -0.2) is 13.8 Å². The maximum atomic E-state index is 12.5. The van der Waals surface area contributed by atoms with Crippen molar-refractivity contribution in [2.45, 2.75) is 11.8 Å². The largest absolute Gasteiger partial charge is 0.265 e. The molecule has 13 heavy (non-hydrogen) atoms. The summed E-state index contributed by atoms with van der Waals surface area (Å²) in [5, 5.41) is 0.434. The molecule has 0 aliphatic heterocycles. The Balaban J connectivity index is 3.30. The Morgan fingerprint density at radius 3 is 2.54 bits per heavy atom. The van der Waals surface area contributed by atoms with Crippen LogP contribution in [0.25, 0.3) is 0 Å². The van der Waals surface area contributed by atoms with Crippen molar-refractivity contribution in [1.29, 1.82) is 0 Å². The number of alkyl halides is 3. The quantitative estimate of drug-likeness (QED) is 0.358. The van der Waals surface area contributed by atoms with Gasteiger partial charge in [0.05, 0.1) is 0 Å². The van der Waals surface area contributed by atoms with E-state index in [0.717, 1.165) is 7.27 Å². The van der Waals surface area contributed by atoms with E-state index in [1.54, 1.807) is 0 Å². The van der Waals surface area contributed by atoms with Gasteiger partial charge in [-0.15, -0.1) is 0 Å². The molecular weight excluding hydrogens is 470 g/mol. The Bertz CT molecular complexity index is 320. The molecule has 1 nitrogen and oxygen atoms in total. The van der Waals surface area contributed by atoms with Gasteiger partial charge in [-0.1, -0.05) is 15.9 Å². The van der Waals surface area contributed by atoms with Gasteiger partial charge in [-0.2, -0.15) is 0 Å². The highest BCUT2D eigenvalue weighted by Gasteiger charge is 2.16. The molecule has 1 heterocycles. The molecule has 0 aliphatic carbocycles. The van der Waals surface area contributed by atoms with E-state index < -0.39 is 6.43 Å². The minimum absolute atomic E-state index is 0.0155. The van der Waals surface area contributed by atoms with Gasteiger partial charge in [-0.3, -0.25) is 0 Å². The smallest absolute Gasteiger partial charge is 0.249 e. The van der Waals surface area contributed by atoms with Crippen LogP contribution in [0.2, 0.25) is 0 Å². The molecule has 0 aliphatic rings. The van der Waals surface area contributed by atoms with Crippen molar-refractivity contribution in [2.24, 2.45) is 0 Å². The predicted octanol–water partition coefficient (Wildman–Crippen LogP) is 4.12. The first-order chi connectivity index (χ1) is 6.07. The Hall–Kier alpha value is 0.950. The lowest BCUT2D eigenvalue weighted by atomic mass is 10.2. The first-order valence-electron chi connectivity index (χ1n) is 3.24. The molecule has 1 rings (SSSR count). The number of hydrogen-bond donors (Lipinski definition) is 0. The van der Waals surface area contributed by atoms with Crippen molar-refractivity contribution in [3.8, 4) is 0 Å². The van der Waals surface area contributed by atoms with Crippen molar-refractivity contribution in [2.75, 3.05) is 0 Å². The van der Waals surface area contributed by atoms with Crippen LogP contribution in [0.3, 0.4) is 0 Å². The van der Waals surface area contributed by atoms with E-state index in [2.05, 4.69) is 20.9 Å². The van der Waals surface area contributed by atoms with Crippen LogP contribution < -0.4 is 0 Å². The minimum Gasteiger partial charge on any atom is -0.249 e. The summed E-state index contributed by atoms with van der Waals surface area (Å²) in [6.07, 6.45) is -1.21. The summed E-state index contributed by atoms with van der Waals surface area (Å²) in [7, 11) is 0. The lowest BCUT2D eigenvalue weighted by molar-refractivity contribution is 0.150. The molecule has 0 bridgehead atoms. The summed E-state index contributed by atoms with van der Waals surface area (Å²) in [4.78, 5) is 3.89. The van der Waals surface area contributed by atoms with Crippen LogP contribution in [0.15, 0.2) is 6.20 Å². The molecule has 0 unspecified atom stereocenters. The summed E-state index contributed by atoms with van der Waals surface area (Å²) < 4.78 is 26.5. The van der Waals surface area contributed by atoms with E-state index in [1.807, 2.05) is 45.2 Å². The lowest BCUT2D eigenvalue weighted by Gasteiger charge is -2.08. The molecule has 0 N–H and O–H groups in total. The Labute approximate surface area is 110 Å². The maximum absolute atomic E-state index is 12.5. The molecular formula is C7H4BrF2I2N. The average Bonchev–Trinajstić information content (AvgIpc) is 2.09. The van der Waals surface area contributed by atoms with Crippen molar-refractivity contribution < 1.29 is 8.78 Å². The zero-order valence-electron chi connectivity index (χ0n) is 6.20. The van der Waals surface area contributed by atoms with Crippen molar-refractivity contribution in [1.82, 2.24) is 4.98 Å². The first-order valence-corrected chi connectivity index (χ1v) is 6.52. The second-order valence-electron chi connectivity index (χ2n) is 2.23. The average molecular weight is 474 g/mol. The molecule has 0 radical (unpaired) electrons. The van der Waals surface area contributed by atoms with Gasteiger partial charge in [0, 0.05) is 20.7 Å². The SMILES string of the molecule is FC(F)c1cnc(I)c(I)c1CBr. The van der Waals surface area contributed by atoms with Crippen LogP contribution in [0.1, 0.15) is 17.6 Å². The van der Waals surface area contributed by atoms with E-state index in [1.165, 1.54) is 6.20 Å². The molecule has 6 heteroatoms. The number of hydrogen-bond acceptors (Lipinski definition) is 1. The van der Waals surface area contributed by atoms with Crippen LogP contribution in [0, 0.1) is 7.27 Å². The van der Waals surface area contributed by atoms with E-state index >= 15 is 0 Å². The van der Waals surface area contributed by atoms with E-state index in [0.29, 0.717) is 10.9 Å². The third kappa shape index (κ3) is 2.71. The molecule has 0 saturated carbocycles. The molecule has 0 saturated heterocycles. The van der Waals surface area contributed by atoms with Gasteiger partial charge < -0.3 is 0 Å². The second kappa shape index (κ2) is 5.15. The molecule has 0 spiro atoms. The van der Waals surface area contributed by atoms with Crippen molar-refractivity contribution in [3.63, 3.8) is 0 Å². The molecule has 0 aromatic carbocycles. The van der Waals surface area contributed by atoms with Gasteiger partial charge in [-0.05, 0) is 50.7 Å². The Morgan fingerprint density at radius 2 is 2.08 bits per heavy atom. The standard InChI is InChI=1S/C7H4BrF2I2N/c8-1-3-4(6(9)10)2-13-7(12)5(3)11/h2,6H,1H2. The van der Waals surface area contributed by atoms with Crippen molar-refractivity contribution >= 4 is 61.1 Å². The minimum atomic E-state index is -2.45. The summed E-state index contributed by atoms with van der Waals surface area (Å²) in [6.45, 7) is 0. The normalized spacial score (nSPS) is 10.9. The number of pyridine rings is 1. The number of nitrogens with zero attached hydrogens (tertiary/aromatic N) is 1. The zero-order valence-corrected chi connectivity index (χ0v) is 12.1. The molecule has 1 aromatic rings. The first kappa shape index (κ1) is 12.0. The lowest BCUT2D eigenvalue weighted by Crippen LogP contribution is -2.00. The second-order valence-corrected chi connectivity index (χ2v) is 4.89. The summed E-state index contributed by atoms with van der Waals surface area (Å²) in [5.41, 5.74) is 0.650. The molecule has 0 amide bonds. The van der Waals surface area contributed by atoms with Gasteiger partial charge in [0.1, 0.15) is 3.70 Å². The van der Waals surface area contributed by atoms with Gasteiger partial charge in [0.15, 0.2) is 0 Å². The van der Waals surface area contributed by atoms with Gasteiger partial charge >= 0.3 is 0 Å². The van der Waals surface area contributed by atoms with Crippen LogP contribution in [0.4, 0.5) is 8.78 Å². The Kier molecular flexibility index (Phi) is 4.76. The summed E-state index contributed by atoms with van der Waals surface area (Å²) >= 11 is 7.25. The Morgan fingerprint density at radius 1 is 1.46 bits per heavy atom. The molecule has 1 aromatic heterocycles. The number of rotatable bonds is 2.